The lowest BCUT2D eigenvalue weighted by atomic mass is 9.98. The Labute approximate surface area is 309 Å². The highest BCUT2D eigenvalue weighted by Crippen LogP contribution is 2.28. The van der Waals surface area contributed by atoms with E-state index in [-0.39, 0.29) is 18.1 Å². The zero-order valence-corrected chi connectivity index (χ0v) is 32.6. The number of hydrogen-bond acceptors (Lipinski definition) is 7. The summed E-state index contributed by atoms with van der Waals surface area (Å²) in [5.41, 5.74) is 3.58. The van der Waals surface area contributed by atoms with Crippen LogP contribution in [-0.2, 0) is 25.5 Å². The SMILES string of the molecule is C[C@@]1(CSCc2ccccc2)N[C@H](c2ccccc2)COC1=O.[C-]#[N+][C@](C)(CSCc1ccccc1)N[C@@H](CO[Si](C)(C)C)c1ccccc1. The van der Waals surface area contributed by atoms with E-state index in [4.69, 9.17) is 15.7 Å². The van der Waals surface area contributed by atoms with Crippen LogP contribution in [-0.4, -0.2) is 50.2 Å². The predicted octanol–water partition coefficient (Wildman–Crippen LogP) is 9.30. The standard InChI is InChI=1S/C22H30N2OSSi.C19H21NO2S/c1-22(23-2,18-26-17-19-12-8-6-9-13-19)24-21(16-25-27(3,4)5)20-14-10-7-11-15-20;1-19(14-23-13-15-8-4-2-5-9-15)18(21)22-12-17(20-19)16-10-6-3-7-11-16/h6-15,21,24H,16-18H2,1,3-5H3;2-11,17,20H,12-14H2,1H3/t21-,22-;17-,19-/m00/s1. The third kappa shape index (κ3) is 13.1. The topological polar surface area (TPSA) is 64.0 Å². The van der Waals surface area contributed by atoms with Crippen LogP contribution in [0.25, 0.3) is 4.85 Å². The fourth-order valence-corrected chi connectivity index (χ4v) is 8.26. The van der Waals surface area contributed by atoms with Crippen LogP contribution in [0.3, 0.4) is 0 Å². The minimum Gasteiger partial charge on any atom is -0.462 e. The molecule has 1 fully saturated rings. The highest BCUT2D eigenvalue weighted by atomic mass is 32.2. The molecular formula is C41H51N3O3S2Si. The van der Waals surface area contributed by atoms with Crippen molar-refractivity contribution in [2.24, 2.45) is 0 Å². The van der Waals surface area contributed by atoms with Gasteiger partial charge in [0.05, 0.1) is 24.4 Å². The summed E-state index contributed by atoms with van der Waals surface area (Å²) < 4.78 is 11.6. The quantitative estimate of drug-likeness (QED) is 0.0720. The molecule has 0 bridgehead atoms. The molecule has 4 aromatic rings. The summed E-state index contributed by atoms with van der Waals surface area (Å²) in [6.07, 6.45) is 0. The lowest BCUT2D eigenvalue weighted by Gasteiger charge is -2.37. The molecule has 0 aromatic heterocycles. The van der Waals surface area contributed by atoms with Crippen molar-refractivity contribution in [3.05, 3.63) is 155 Å². The number of ether oxygens (including phenoxy) is 1. The van der Waals surface area contributed by atoms with Crippen molar-refractivity contribution in [1.29, 1.82) is 0 Å². The number of esters is 1. The first kappa shape index (κ1) is 39.4. The number of carbonyl (C=O) groups excluding carboxylic acids is 1. The van der Waals surface area contributed by atoms with Crippen molar-refractivity contribution in [2.45, 2.75) is 68.3 Å². The van der Waals surface area contributed by atoms with Gasteiger partial charge in [0.2, 0.25) is 0 Å². The maximum atomic E-state index is 12.2. The average Bonchev–Trinajstić information content (AvgIpc) is 3.13. The number of nitrogens with one attached hydrogen (secondary N) is 2. The van der Waals surface area contributed by atoms with E-state index in [2.05, 4.69) is 95.8 Å². The molecule has 0 amide bonds. The molecule has 4 atom stereocenters. The van der Waals surface area contributed by atoms with Gasteiger partial charge in [0.15, 0.2) is 8.32 Å². The van der Waals surface area contributed by atoms with Gasteiger partial charge in [-0.1, -0.05) is 121 Å². The molecule has 1 aliphatic heterocycles. The summed E-state index contributed by atoms with van der Waals surface area (Å²) in [5, 5.41) is 7.06. The third-order valence-electron chi connectivity index (χ3n) is 8.14. The Bertz CT molecular complexity index is 1620. The van der Waals surface area contributed by atoms with Crippen LogP contribution in [0.1, 0.15) is 48.2 Å². The molecule has 50 heavy (non-hydrogen) atoms. The number of nitrogens with zero attached hydrogens (tertiary/aromatic N) is 1. The Morgan fingerprint density at radius 2 is 1.42 bits per heavy atom. The summed E-state index contributed by atoms with van der Waals surface area (Å²) in [4.78, 5) is 16.2. The summed E-state index contributed by atoms with van der Waals surface area (Å²) >= 11 is 3.54. The second-order valence-corrected chi connectivity index (χ2v) is 20.4. The van der Waals surface area contributed by atoms with E-state index >= 15 is 0 Å². The largest absolute Gasteiger partial charge is 0.462 e. The first-order chi connectivity index (χ1) is 24.0. The number of cyclic esters (lactones) is 1. The molecule has 0 unspecified atom stereocenters. The minimum absolute atomic E-state index is 0.00866. The first-order valence-corrected chi connectivity index (χ1v) is 22.8. The zero-order valence-electron chi connectivity index (χ0n) is 29.9. The molecule has 1 heterocycles. The highest BCUT2D eigenvalue weighted by molar-refractivity contribution is 7.98. The molecule has 5 rings (SSSR count). The third-order valence-corrected chi connectivity index (χ3v) is 11.8. The maximum Gasteiger partial charge on any atom is 0.326 e. The molecule has 0 spiro atoms. The number of thioether (sulfide) groups is 2. The normalized spacial score (nSPS) is 19.2. The van der Waals surface area contributed by atoms with Gasteiger partial charge in [-0.2, -0.15) is 11.8 Å². The smallest absolute Gasteiger partial charge is 0.326 e. The van der Waals surface area contributed by atoms with Crippen LogP contribution in [0.5, 0.6) is 0 Å². The maximum absolute atomic E-state index is 12.2. The van der Waals surface area contributed by atoms with Gasteiger partial charge >= 0.3 is 5.97 Å². The van der Waals surface area contributed by atoms with E-state index in [0.717, 1.165) is 22.8 Å². The van der Waals surface area contributed by atoms with Crippen molar-refractivity contribution >= 4 is 37.8 Å². The van der Waals surface area contributed by atoms with E-state index in [1.54, 1.807) is 23.5 Å². The van der Waals surface area contributed by atoms with Crippen molar-refractivity contribution in [3.8, 4) is 0 Å². The van der Waals surface area contributed by atoms with Crippen LogP contribution in [0.2, 0.25) is 19.6 Å². The second-order valence-electron chi connectivity index (χ2n) is 13.9. The van der Waals surface area contributed by atoms with Gasteiger partial charge in [-0.3, -0.25) is 15.0 Å². The fourth-order valence-electron chi connectivity index (χ4n) is 5.38. The number of benzene rings is 4. The summed E-state index contributed by atoms with van der Waals surface area (Å²) in [6, 6.07) is 41.2. The summed E-state index contributed by atoms with van der Waals surface area (Å²) in [7, 11) is -1.63. The van der Waals surface area contributed by atoms with Crippen LogP contribution in [0.4, 0.5) is 0 Å². The number of morpholine rings is 1. The van der Waals surface area contributed by atoms with Crippen molar-refractivity contribution in [3.63, 3.8) is 0 Å². The lowest BCUT2D eigenvalue weighted by Crippen LogP contribution is -2.58. The van der Waals surface area contributed by atoms with E-state index < -0.39 is 19.5 Å². The Kier molecular flexibility index (Phi) is 15.2. The predicted molar refractivity (Wildman–Crippen MR) is 214 cm³/mol. The van der Waals surface area contributed by atoms with Gasteiger partial charge in [-0.25, -0.2) is 11.9 Å². The first-order valence-electron chi connectivity index (χ1n) is 17.1. The molecule has 9 heteroatoms. The molecule has 0 radical (unpaired) electrons. The summed E-state index contributed by atoms with van der Waals surface area (Å²) in [6.45, 7) is 19.3. The van der Waals surface area contributed by atoms with E-state index in [1.165, 1.54) is 16.7 Å². The minimum atomic E-state index is -1.63. The van der Waals surface area contributed by atoms with Crippen LogP contribution in [0, 0.1) is 6.57 Å². The van der Waals surface area contributed by atoms with Gasteiger partial charge in [0.1, 0.15) is 12.1 Å². The van der Waals surface area contributed by atoms with Gasteiger partial charge in [-0.15, -0.1) is 11.8 Å². The Morgan fingerprint density at radius 3 is 1.96 bits per heavy atom. The number of carbonyl (C=O) groups is 1. The molecular weight excluding hydrogens is 675 g/mol. The molecule has 2 N–H and O–H groups in total. The van der Waals surface area contributed by atoms with Crippen molar-refractivity contribution in [2.75, 3.05) is 24.7 Å². The van der Waals surface area contributed by atoms with Crippen molar-refractivity contribution in [1.82, 2.24) is 10.6 Å². The van der Waals surface area contributed by atoms with Gasteiger partial charge in [0, 0.05) is 24.2 Å². The Morgan fingerprint density at radius 1 is 0.900 bits per heavy atom. The van der Waals surface area contributed by atoms with E-state index in [9.17, 15) is 4.79 Å². The van der Waals surface area contributed by atoms with Gasteiger partial charge in [0.25, 0.3) is 5.66 Å². The van der Waals surface area contributed by atoms with Gasteiger partial charge < -0.3 is 9.16 Å². The molecule has 1 saturated heterocycles. The molecule has 4 aromatic carbocycles. The average molecular weight is 726 g/mol. The van der Waals surface area contributed by atoms with Gasteiger partial charge in [-0.05, 0) is 48.8 Å². The van der Waals surface area contributed by atoms with Crippen LogP contribution < -0.4 is 10.6 Å². The van der Waals surface area contributed by atoms with Crippen LogP contribution in [0.15, 0.2) is 121 Å². The number of rotatable bonds is 15. The van der Waals surface area contributed by atoms with E-state index in [0.29, 0.717) is 19.0 Å². The lowest BCUT2D eigenvalue weighted by molar-refractivity contribution is -0.156. The number of hydrogen-bond donors (Lipinski definition) is 2. The summed E-state index contributed by atoms with van der Waals surface area (Å²) in [5.74, 6) is 3.05. The molecule has 0 aliphatic carbocycles. The zero-order chi connectivity index (χ0) is 35.9. The highest BCUT2D eigenvalue weighted by Gasteiger charge is 2.41. The molecule has 6 nitrogen and oxygen atoms in total. The van der Waals surface area contributed by atoms with E-state index in [1.807, 2.05) is 74.5 Å². The molecule has 0 saturated carbocycles. The second kappa shape index (κ2) is 19.3. The molecule has 264 valence electrons. The Balaban J connectivity index is 0.000000227. The fraction of sp³-hybridized carbons (Fsp3) is 0.366. The molecule has 1 aliphatic rings. The van der Waals surface area contributed by atoms with Crippen molar-refractivity contribution < 1.29 is 14.0 Å². The Hall–Kier alpha value is -3.36. The monoisotopic (exact) mass is 725 g/mol. The van der Waals surface area contributed by atoms with Crippen LogP contribution >= 0.6 is 23.5 Å².